The molecule has 0 heterocycles. The Labute approximate surface area is 145 Å². The summed E-state index contributed by atoms with van der Waals surface area (Å²) in [5, 5.41) is 20.3. The number of nitrogens with one attached hydrogen (secondary N) is 2. The first-order chi connectivity index (χ1) is 11.2. The zero-order valence-corrected chi connectivity index (χ0v) is 15.8. The molecule has 0 radical (unpaired) electrons. The minimum Gasteiger partial charge on any atom is -0.406 e. The van der Waals surface area contributed by atoms with E-state index in [-0.39, 0.29) is 5.54 Å². The van der Waals surface area contributed by atoms with Crippen molar-refractivity contribution in [3.05, 3.63) is 30.3 Å². The highest BCUT2D eigenvalue weighted by Gasteiger charge is 2.23. The Kier molecular flexibility index (Phi) is 7.38. The SMILES string of the molecule is CC(=NNc1ccccc1)C(C)(C)NCCC[N+](C)(C)C(C)=NO. The third-order valence-electron chi connectivity index (χ3n) is 4.51. The molecule has 0 aliphatic heterocycles. The highest BCUT2D eigenvalue weighted by Crippen LogP contribution is 2.09. The summed E-state index contributed by atoms with van der Waals surface area (Å²) in [6.45, 7) is 9.87. The largest absolute Gasteiger partial charge is 0.406 e. The van der Waals surface area contributed by atoms with E-state index in [2.05, 4.69) is 34.8 Å². The van der Waals surface area contributed by atoms with Gasteiger partial charge in [-0.3, -0.25) is 9.91 Å². The van der Waals surface area contributed by atoms with Gasteiger partial charge in [0.15, 0.2) is 0 Å². The Balaban J connectivity index is 2.48. The molecular formula is C18H32N5O+. The molecule has 6 heteroatoms. The van der Waals surface area contributed by atoms with Crippen LogP contribution < -0.4 is 10.7 Å². The normalized spacial score (nSPS) is 13.9. The average molecular weight is 334 g/mol. The lowest BCUT2D eigenvalue weighted by Gasteiger charge is -2.30. The minimum absolute atomic E-state index is 0.195. The highest BCUT2D eigenvalue weighted by atomic mass is 16.4. The van der Waals surface area contributed by atoms with E-state index in [4.69, 9.17) is 5.21 Å². The zero-order chi connectivity index (χ0) is 18.2. The van der Waals surface area contributed by atoms with Gasteiger partial charge >= 0.3 is 0 Å². The fourth-order valence-electron chi connectivity index (χ4n) is 2.09. The van der Waals surface area contributed by atoms with Crippen molar-refractivity contribution in [3.63, 3.8) is 0 Å². The van der Waals surface area contributed by atoms with Crippen molar-refractivity contribution in [1.82, 2.24) is 5.32 Å². The third-order valence-corrected chi connectivity index (χ3v) is 4.51. The maximum Gasteiger partial charge on any atom is 0.234 e. The van der Waals surface area contributed by atoms with Crippen LogP contribution in [0.2, 0.25) is 0 Å². The third kappa shape index (κ3) is 6.29. The fourth-order valence-corrected chi connectivity index (χ4v) is 2.09. The molecule has 0 spiro atoms. The second kappa shape index (κ2) is 8.80. The first-order valence-electron chi connectivity index (χ1n) is 8.32. The van der Waals surface area contributed by atoms with Crippen molar-refractivity contribution < 1.29 is 9.69 Å². The van der Waals surface area contributed by atoms with Gasteiger partial charge in [-0.1, -0.05) is 18.2 Å². The van der Waals surface area contributed by atoms with Crippen molar-refractivity contribution in [2.75, 3.05) is 32.6 Å². The molecular weight excluding hydrogens is 302 g/mol. The van der Waals surface area contributed by atoms with Gasteiger partial charge < -0.3 is 10.5 Å². The Morgan fingerprint density at radius 1 is 1.17 bits per heavy atom. The lowest BCUT2D eigenvalue weighted by Crippen LogP contribution is -2.49. The van der Waals surface area contributed by atoms with E-state index in [9.17, 15) is 0 Å². The molecule has 0 aliphatic rings. The number of oxime groups is 1. The maximum atomic E-state index is 8.92. The second-order valence-electron chi connectivity index (χ2n) is 7.14. The van der Waals surface area contributed by atoms with Gasteiger partial charge in [0, 0.05) is 19.9 Å². The number of benzene rings is 1. The number of rotatable bonds is 8. The molecule has 134 valence electrons. The van der Waals surface area contributed by atoms with Crippen molar-refractivity contribution in [1.29, 1.82) is 0 Å². The smallest absolute Gasteiger partial charge is 0.234 e. The van der Waals surface area contributed by atoms with Gasteiger partial charge in [0.1, 0.15) is 0 Å². The van der Waals surface area contributed by atoms with Crippen LogP contribution in [0.4, 0.5) is 5.69 Å². The van der Waals surface area contributed by atoms with Gasteiger partial charge in [0.2, 0.25) is 5.84 Å². The van der Waals surface area contributed by atoms with Crippen LogP contribution in [0, 0.1) is 0 Å². The molecule has 0 aliphatic carbocycles. The highest BCUT2D eigenvalue weighted by molar-refractivity contribution is 5.91. The monoisotopic (exact) mass is 334 g/mol. The molecule has 0 bridgehead atoms. The number of hydrogen-bond acceptors (Lipinski definition) is 5. The van der Waals surface area contributed by atoms with Gasteiger partial charge in [-0.25, -0.2) is 0 Å². The van der Waals surface area contributed by atoms with Crippen LogP contribution in [0.5, 0.6) is 0 Å². The number of hydrazone groups is 1. The Bertz CT molecular complexity index is 564. The number of para-hydroxylation sites is 1. The lowest BCUT2D eigenvalue weighted by molar-refractivity contribution is -0.800. The first kappa shape index (κ1) is 20.1. The lowest BCUT2D eigenvalue weighted by atomic mass is 9.99. The van der Waals surface area contributed by atoms with Crippen LogP contribution in [-0.2, 0) is 0 Å². The summed E-state index contributed by atoms with van der Waals surface area (Å²) in [7, 11) is 4.08. The summed E-state index contributed by atoms with van der Waals surface area (Å²) < 4.78 is 0.585. The van der Waals surface area contributed by atoms with Crippen LogP contribution >= 0.6 is 0 Å². The molecule has 0 saturated carbocycles. The molecule has 0 fully saturated rings. The molecule has 0 amide bonds. The van der Waals surface area contributed by atoms with Gasteiger partial charge in [-0.05, 0) is 38.1 Å². The Hall–Kier alpha value is -1.92. The van der Waals surface area contributed by atoms with Crippen molar-refractivity contribution in [2.45, 2.75) is 39.7 Å². The van der Waals surface area contributed by atoms with Crippen molar-refractivity contribution >= 4 is 17.2 Å². The van der Waals surface area contributed by atoms with Crippen LogP contribution in [0.25, 0.3) is 0 Å². The van der Waals surface area contributed by atoms with Gasteiger partial charge in [-0.2, -0.15) is 5.10 Å². The molecule has 1 aromatic carbocycles. The first-order valence-corrected chi connectivity index (χ1v) is 8.32. The summed E-state index contributed by atoms with van der Waals surface area (Å²) in [6, 6.07) is 9.92. The van der Waals surface area contributed by atoms with Gasteiger partial charge in [0.05, 0.1) is 37.6 Å². The topological polar surface area (TPSA) is 69.0 Å². The van der Waals surface area contributed by atoms with E-state index >= 15 is 0 Å². The molecule has 24 heavy (non-hydrogen) atoms. The van der Waals surface area contributed by atoms with Crippen LogP contribution in [0.1, 0.15) is 34.1 Å². The Morgan fingerprint density at radius 3 is 2.38 bits per heavy atom. The number of anilines is 1. The van der Waals surface area contributed by atoms with Crippen LogP contribution in [-0.4, -0.2) is 54.0 Å². The van der Waals surface area contributed by atoms with Crippen LogP contribution in [0.15, 0.2) is 40.6 Å². The summed E-state index contributed by atoms with van der Waals surface area (Å²) in [6.07, 6.45) is 0.975. The van der Waals surface area contributed by atoms with Crippen molar-refractivity contribution in [3.8, 4) is 0 Å². The molecule has 1 aromatic rings. The number of nitrogens with zero attached hydrogens (tertiary/aromatic N) is 3. The molecule has 0 saturated heterocycles. The van der Waals surface area contributed by atoms with Gasteiger partial charge in [-0.15, -0.1) is 0 Å². The fraction of sp³-hybridized carbons (Fsp3) is 0.556. The quantitative estimate of drug-likeness (QED) is 0.171. The van der Waals surface area contributed by atoms with Crippen molar-refractivity contribution in [2.24, 2.45) is 10.3 Å². The second-order valence-corrected chi connectivity index (χ2v) is 7.14. The standard InChI is InChI=1S/C18H31N5O/c1-15(20-21-17-11-8-7-9-12-17)18(3,4)19-13-10-14-23(5,6)16(2)22-24/h7-9,11-12,19,21H,10,13-14H2,1-6H3/p+1. The molecule has 0 atom stereocenters. The van der Waals surface area contributed by atoms with E-state index in [0.717, 1.165) is 30.9 Å². The zero-order valence-electron chi connectivity index (χ0n) is 15.8. The van der Waals surface area contributed by atoms with E-state index in [1.165, 1.54) is 0 Å². The summed E-state index contributed by atoms with van der Waals surface area (Å²) in [4.78, 5) is 0. The van der Waals surface area contributed by atoms with E-state index in [1.807, 2.05) is 58.3 Å². The Morgan fingerprint density at radius 2 is 1.79 bits per heavy atom. The number of hydrogen-bond donors (Lipinski definition) is 3. The molecule has 3 N–H and O–H groups in total. The molecule has 0 unspecified atom stereocenters. The van der Waals surface area contributed by atoms with Crippen LogP contribution in [0.3, 0.4) is 0 Å². The molecule has 6 nitrogen and oxygen atoms in total. The minimum atomic E-state index is -0.195. The molecule has 0 aromatic heterocycles. The number of amidine groups is 1. The predicted molar refractivity (Wildman–Crippen MR) is 102 cm³/mol. The molecule has 1 rings (SSSR count). The summed E-state index contributed by atoms with van der Waals surface area (Å²) >= 11 is 0. The summed E-state index contributed by atoms with van der Waals surface area (Å²) in [5.74, 6) is 0.707. The van der Waals surface area contributed by atoms with E-state index in [0.29, 0.717) is 10.3 Å². The average Bonchev–Trinajstić information content (AvgIpc) is 2.56. The van der Waals surface area contributed by atoms with E-state index in [1.54, 1.807) is 0 Å². The number of quaternary nitrogens is 1. The predicted octanol–water partition coefficient (Wildman–Crippen LogP) is 3.12. The summed E-state index contributed by atoms with van der Waals surface area (Å²) in [5.41, 5.74) is 4.86. The van der Waals surface area contributed by atoms with E-state index < -0.39 is 0 Å². The maximum absolute atomic E-state index is 8.92. The van der Waals surface area contributed by atoms with Gasteiger partial charge in [0.25, 0.3) is 0 Å².